The minimum Gasteiger partial charge on any atom is -0.478 e. The fourth-order valence-electron chi connectivity index (χ4n) is 4.14. The average molecular weight is 397 g/mol. The monoisotopic (exact) mass is 396 g/mol. The summed E-state index contributed by atoms with van der Waals surface area (Å²) in [5, 5.41) is 19.6. The molecule has 164 valence electrons. The largest absolute Gasteiger partial charge is 0.478 e. The van der Waals surface area contributed by atoms with E-state index in [1.807, 2.05) is 0 Å². The molecule has 0 spiro atoms. The Kier molecular flexibility index (Phi) is 15.8. The topological polar surface area (TPSA) is 74.6 Å². The maximum absolute atomic E-state index is 12.0. The molecule has 0 radical (unpaired) electrons. The lowest BCUT2D eigenvalue weighted by Crippen LogP contribution is -2.17. The molecule has 0 aromatic carbocycles. The van der Waals surface area contributed by atoms with E-state index in [0.29, 0.717) is 12.8 Å². The number of hydrogen-bond acceptors (Lipinski definition) is 2. The molecule has 4 nitrogen and oxygen atoms in total. The summed E-state index contributed by atoms with van der Waals surface area (Å²) in [5.41, 5.74) is 0.304. The van der Waals surface area contributed by atoms with Gasteiger partial charge in [0.2, 0.25) is 0 Å². The Bertz CT molecular complexity index is 425. The van der Waals surface area contributed by atoms with E-state index in [-0.39, 0.29) is 23.0 Å². The molecule has 0 aromatic rings. The predicted octanol–water partition coefficient (Wildman–Crippen LogP) is 7.23. The van der Waals surface area contributed by atoms with Crippen molar-refractivity contribution in [2.24, 2.45) is 11.8 Å². The maximum atomic E-state index is 12.0. The number of rotatable bonds is 18. The van der Waals surface area contributed by atoms with Crippen molar-refractivity contribution < 1.29 is 19.8 Å². The highest BCUT2D eigenvalue weighted by Gasteiger charge is 2.25. The van der Waals surface area contributed by atoms with Crippen LogP contribution >= 0.6 is 0 Å². The predicted molar refractivity (Wildman–Crippen MR) is 117 cm³/mol. The van der Waals surface area contributed by atoms with Gasteiger partial charge in [-0.3, -0.25) is 0 Å². The standard InChI is InChI=1S/C24H44O4/c1-5-9-11-15-19(13-7-3)17-21(23(25)26)22(24(27)28)18-20(14-8-4)16-12-10-6-2/h19-20H,5-18H2,1-4H3,(H,25,26)(H,27,28). The quantitative estimate of drug-likeness (QED) is 0.189. The SMILES string of the molecule is CCCCCC(CCC)CC(C(=O)O)=C(CC(CCC)CCCCC)C(=O)O. The molecule has 2 unspecified atom stereocenters. The first-order valence-electron chi connectivity index (χ1n) is 11.6. The van der Waals surface area contributed by atoms with Crippen LogP contribution in [0.15, 0.2) is 11.1 Å². The first-order valence-corrected chi connectivity index (χ1v) is 11.6. The van der Waals surface area contributed by atoms with Crippen LogP contribution in [0.1, 0.15) is 118 Å². The van der Waals surface area contributed by atoms with Crippen LogP contribution in [0.4, 0.5) is 0 Å². The molecule has 0 heterocycles. The molecule has 0 rings (SSSR count). The van der Waals surface area contributed by atoms with Crippen LogP contribution in [0.5, 0.6) is 0 Å². The Morgan fingerprint density at radius 1 is 0.571 bits per heavy atom. The first-order chi connectivity index (χ1) is 13.4. The number of aliphatic carboxylic acids is 2. The van der Waals surface area contributed by atoms with Gasteiger partial charge in [-0.05, 0) is 24.7 Å². The van der Waals surface area contributed by atoms with E-state index in [1.165, 1.54) is 0 Å². The van der Waals surface area contributed by atoms with Gasteiger partial charge in [-0.2, -0.15) is 0 Å². The molecule has 0 aliphatic rings. The molecule has 0 aromatic heterocycles. The van der Waals surface area contributed by atoms with Crippen molar-refractivity contribution in [3.05, 3.63) is 11.1 Å². The van der Waals surface area contributed by atoms with Crippen LogP contribution in [0, 0.1) is 11.8 Å². The summed E-state index contributed by atoms with van der Waals surface area (Å²) in [7, 11) is 0. The smallest absolute Gasteiger partial charge is 0.332 e. The molecule has 2 atom stereocenters. The fraction of sp³-hybridized carbons (Fsp3) is 0.833. The summed E-state index contributed by atoms with van der Waals surface area (Å²) >= 11 is 0. The van der Waals surface area contributed by atoms with Crippen LogP contribution < -0.4 is 0 Å². The molecular formula is C24H44O4. The average Bonchev–Trinajstić information content (AvgIpc) is 2.64. The number of carboxylic acid groups (broad SMARTS) is 2. The summed E-state index contributed by atoms with van der Waals surface area (Å²) < 4.78 is 0. The van der Waals surface area contributed by atoms with Gasteiger partial charge in [-0.15, -0.1) is 0 Å². The Balaban J connectivity index is 5.49. The number of carbonyl (C=O) groups is 2. The van der Waals surface area contributed by atoms with Crippen molar-refractivity contribution >= 4 is 11.9 Å². The van der Waals surface area contributed by atoms with Gasteiger partial charge in [-0.1, -0.05) is 105 Å². The van der Waals surface area contributed by atoms with Gasteiger partial charge in [0.05, 0.1) is 0 Å². The van der Waals surface area contributed by atoms with E-state index in [1.54, 1.807) is 0 Å². The van der Waals surface area contributed by atoms with Crippen molar-refractivity contribution in [1.29, 1.82) is 0 Å². The highest BCUT2D eigenvalue weighted by atomic mass is 16.4. The molecule has 2 N–H and O–H groups in total. The molecule has 0 saturated heterocycles. The second-order valence-electron chi connectivity index (χ2n) is 8.28. The minimum atomic E-state index is -1.04. The molecule has 28 heavy (non-hydrogen) atoms. The molecule has 0 amide bonds. The van der Waals surface area contributed by atoms with Crippen molar-refractivity contribution in [3.8, 4) is 0 Å². The zero-order chi connectivity index (χ0) is 21.4. The lowest BCUT2D eigenvalue weighted by molar-refractivity contribution is -0.136. The molecule has 0 aliphatic heterocycles. The molecule has 0 bridgehead atoms. The summed E-state index contributed by atoms with van der Waals surface area (Å²) in [5.74, 6) is -1.56. The van der Waals surface area contributed by atoms with Crippen molar-refractivity contribution in [2.75, 3.05) is 0 Å². The van der Waals surface area contributed by atoms with Gasteiger partial charge >= 0.3 is 11.9 Å². The summed E-state index contributed by atoms with van der Waals surface area (Å²) in [6, 6.07) is 0. The van der Waals surface area contributed by atoms with Crippen molar-refractivity contribution in [1.82, 2.24) is 0 Å². The van der Waals surface area contributed by atoms with E-state index >= 15 is 0 Å². The maximum Gasteiger partial charge on any atom is 0.332 e. The van der Waals surface area contributed by atoms with Gasteiger partial charge in [-0.25, -0.2) is 9.59 Å². The van der Waals surface area contributed by atoms with Crippen LogP contribution in [0.25, 0.3) is 0 Å². The number of hydrogen-bond donors (Lipinski definition) is 2. The third-order valence-electron chi connectivity index (χ3n) is 5.69. The normalized spacial score (nSPS) is 14.4. The van der Waals surface area contributed by atoms with E-state index in [9.17, 15) is 19.8 Å². The van der Waals surface area contributed by atoms with Gasteiger partial charge in [0, 0.05) is 11.1 Å². The molecule has 4 heteroatoms. The van der Waals surface area contributed by atoms with E-state index in [0.717, 1.165) is 77.0 Å². The third-order valence-corrected chi connectivity index (χ3v) is 5.69. The summed E-state index contributed by atoms with van der Waals surface area (Å²) in [4.78, 5) is 24.0. The minimum absolute atomic E-state index is 0.152. The van der Waals surface area contributed by atoms with Gasteiger partial charge in [0.1, 0.15) is 0 Å². The molecular weight excluding hydrogens is 352 g/mol. The van der Waals surface area contributed by atoms with E-state index in [4.69, 9.17) is 0 Å². The third kappa shape index (κ3) is 11.5. The van der Waals surface area contributed by atoms with Gasteiger partial charge in [0.25, 0.3) is 0 Å². The Morgan fingerprint density at radius 3 is 1.18 bits per heavy atom. The summed E-state index contributed by atoms with van der Waals surface area (Å²) in [6.45, 7) is 8.54. The Morgan fingerprint density at radius 2 is 0.929 bits per heavy atom. The second-order valence-corrected chi connectivity index (χ2v) is 8.28. The Labute approximate surface area is 172 Å². The molecule has 0 aliphatic carbocycles. The van der Waals surface area contributed by atoms with Gasteiger partial charge in [0.15, 0.2) is 0 Å². The summed E-state index contributed by atoms with van der Waals surface area (Å²) in [6.07, 6.45) is 13.4. The zero-order valence-electron chi connectivity index (χ0n) is 18.8. The Hall–Kier alpha value is -1.32. The van der Waals surface area contributed by atoms with Crippen molar-refractivity contribution in [2.45, 2.75) is 118 Å². The van der Waals surface area contributed by atoms with Crippen molar-refractivity contribution in [3.63, 3.8) is 0 Å². The van der Waals surface area contributed by atoms with Crippen LogP contribution in [-0.2, 0) is 9.59 Å². The lowest BCUT2D eigenvalue weighted by Gasteiger charge is -2.21. The molecule has 0 fully saturated rings. The van der Waals surface area contributed by atoms with Crippen LogP contribution in [0.3, 0.4) is 0 Å². The lowest BCUT2D eigenvalue weighted by atomic mass is 9.84. The zero-order valence-corrected chi connectivity index (χ0v) is 18.8. The van der Waals surface area contributed by atoms with E-state index < -0.39 is 11.9 Å². The first kappa shape index (κ1) is 26.7. The van der Waals surface area contributed by atoms with Crippen LogP contribution in [-0.4, -0.2) is 22.2 Å². The second kappa shape index (κ2) is 16.6. The highest BCUT2D eigenvalue weighted by Crippen LogP contribution is 2.30. The molecule has 0 saturated carbocycles. The fourth-order valence-corrected chi connectivity index (χ4v) is 4.14. The van der Waals surface area contributed by atoms with Gasteiger partial charge < -0.3 is 10.2 Å². The number of unbranched alkanes of at least 4 members (excludes halogenated alkanes) is 4. The number of carboxylic acids is 2. The van der Waals surface area contributed by atoms with Crippen LogP contribution in [0.2, 0.25) is 0 Å². The van der Waals surface area contributed by atoms with E-state index in [2.05, 4.69) is 27.7 Å². The highest BCUT2D eigenvalue weighted by molar-refractivity contribution is 5.98.